The van der Waals surface area contributed by atoms with Crippen LogP contribution in [0.25, 0.3) is 0 Å². The number of rotatable bonds is 14. The van der Waals surface area contributed by atoms with Gasteiger partial charge in [0.25, 0.3) is 0 Å². The Balaban J connectivity index is 1.44. The van der Waals surface area contributed by atoms with Gasteiger partial charge in [0, 0.05) is 12.8 Å². The zero-order valence-electron chi connectivity index (χ0n) is 25.5. The van der Waals surface area contributed by atoms with Crippen molar-refractivity contribution in [1.29, 1.82) is 10.5 Å². The number of ether oxygens (including phenoxy) is 4. The monoisotopic (exact) mass is 618 g/mol. The maximum atomic E-state index is 13.0. The van der Waals surface area contributed by atoms with E-state index in [0.717, 1.165) is 11.1 Å². The molecule has 10 heteroatoms. The molecule has 4 aromatic carbocycles. The second-order valence-corrected chi connectivity index (χ2v) is 10.1. The summed E-state index contributed by atoms with van der Waals surface area (Å²) in [5, 5.41) is 24.9. The molecule has 0 fully saturated rings. The third-order valence-electron chi connectivity index (χ3n) is 7.06. The average molecular weight is 619 g/mol. The molecule has 0 spiro atoms. The second kappa shape index (κ2) is 17.0. The number of benzene rings is 4. The Bertz CT molecular complexity index is 1540. The molecule has 0 saturated heterocycles. The van der Waals surface area contributed by atoms with Crippen molar-refractivity contribution in [3.63, 3.8) is 0 Å². The maximum Gasteiger partial charge on any atom is 0.419 e. The van der Waals surface area contributed by atoms with Crippen molar-refractivity contribution < 1.29 is 28.5 Å². The predicted molar refractivity (Wildman–Crippen MR) is 169 cm³/mol. The molecule has 10 nitrogen and oxygen atoms in total. The molecular formula is C36H34N4O6. The van der Waals surface area contributed by atoms with E-state index >= 15 is 0 Å². The van der Waals surface area contributed by atoms with Crippen molar-refractivity contribution in [2.24, 2.45) is 0 Å². The summed E-state index contributed by atoms with van der Waals surface area (Å²) in [5.41, 5.74) is 2.29. The normalized spacial score (nSPS) is 13.1. The Morgan fingerprint density at radius 2 is 0.935 bits per heavy atom. The number of nitrogens with zero attached hydrogens (tertiary/aromatic N) is 2. The van der Waals surface area contributed by atoms with Crippen molar-refractivity contribution in [2.75, 3.05) is 14.1 Å². The molecular weight excluding hydrogens is 584 g/mol. The lowest BCUT2D eigenvalue weighted by Crippen LogP contribution is -2.40. The molecule has 234 valence electrons. The molecule has 2 N–H and O–H groups in total. The Labute approximate surface area is 268 Å². The van der Waals surface area contributed by atoms with Crippen LogP contribution in [0.4, 0.5) is 0 Å². The number of hydrogen-bond donors (Lipinski definition) is 2. The van der Waals surface area contributed by atoms with Crippen LogP contribution in [0.1, 0.15) is 47.3 Å². The van der Waals surface area contributed by atoms with Crippen LogP contribution in [-0.2, 0) is 19.1 Å². The minimum absolute atomic E-state index is 0.122. The van der Waals surface area contributed by atoms with Gasteiger partial charge < -0.3 is 18.9 Å². The fourth-order valence-electron chi connectivity index (χ4n) is 4.66. The van der Waals surface area contributed by atoms with Gasteiger partial charge >= 0.3 is 11.9 Å². The van der Waals surface area contributed by atoms with Gasteiger partial charge in [0.05, 0.1) is 11.1 Å². The molecule has 4 aromatic rings. The van der Waals surface area contributed by atoms with Crippen LogP contribution in [0.2, 0.25) is 0 Å². The molecule has 2 unspecified atom stereocenters. The van der Waals surface area contributed by atoms with E-state index in [0.29, 0.717) is 22.6 Å². The van der Waals surface area contributed by atoms with E-state index in [4.69, 9.17) is 18.9 Å². The van der Waals surface area contributed by atoms with Crippen molar-refractivity contribution in [3.8, 4) is 23.6 Å². The molecule has 46 heavy (non-hydrogen) atoms. The van der Waals surface area contributed by atoms with Gasteiger partial charge in [-0.15, -0.1) is 0 Å². The predicted octanol–water partition coefficient (Wildman–Crippen LogP) is 5.33. The Hall–Kier alpha value is -5.68. The second-order valence-electron chi connectivity index (χ2n) is 10.1. The highest BCUT2D eigenvalue weighted by atomic mass is 16.6. The topological polar surface area (TPSA) is 143 Å². The highest BCUT2D eigenvalue weighted by molar-refractivity contribution is 6.29. The lowest BCUT2D eigenvalue weighted by Gasteiger charge is -2.26. The maximum absolute atomic E-state index is 13.0. The number of nitrogens with one attached hydrogen (secondary N) is 2. The van der Waals surface area contributed by atoms with Crippen LogP contribution in [-0.4, -0.2) is 38.5 Å². The Kier molecular flexibility index (Phi) is 12.3. The van der Waals surface area contributed by atoms with Crippen LogP contribution in [0.15, 0.2) is 109 Å². The van der Waals surface area contributed by atoms with Crippen LogP contribution in [0.3, 0.4) is 0 Å². The average Bonchev–Trinajstić information content (AvgIpc) is 3.11. The summed E-state index contributed by atoms with van der Waals surface area (Å²) < 4.78 is 23.4. The quantitative estimate of drug-likeness (QED) is 0.108. The largest absolute Gasteiger partial charge is 0.484 e. The van der Waals surface area contributed by atoms with Gasteiger partial charge in [-0.05, 0) is 49.5 Å². The molecule has 0 aromatic heterocycles. The van der Waals surface area contributed by atoms with Crippen LogP contribution < -0.4 is 20.1 Å². The standard InChI is InChI=1S/C36H34N4O6/c1-39-33(21-31(25-13-5-3-6-14-25)43-29-19-11-9-17-27(29)23-37)45-35(41)36(42)46-34(40-2)22-32(26-15-7-4-8-16-26)44-30-20-12-10-18-28(30)24-38/h3-20,31-34,39-40H,21-22H2,1-2H3/t31-,32-,33?,34?/m1/s1. The summed E-state index contributed by atoms with van der Waals surface area (Å²) in [6.07, 6.45) is -2.87. The van der Waals surface area contributed by atoms with E-state index < -0.39 is 36.6 Å². The molecule has 0 radical (unpaired) electrons. The fourth-order valence-corrected chi connectivity index (χ4v) is 4.66. The SMILES string of the molecule is CNC(C[C@@H](Oc1ccccc1C#N)c1ccccc1)OC(=O)C(=O)OC(C[C@@H](Oc1ccccc1C#N)c1ccccc1)NC. The molecule has 0 aliphatic heterocycles. The minimum atomic E-state index is -1.20. The van der Waals surface area contributed by atoms with Crippen molar-refractivity contribution in [1.82, 2.24) is 10.6 Å². The Morgan fingerprint density at radius 3 is 1.28 bits per heavy atom. The molecule has 4 rings (SSSR count). The highest BCUT2D eigenvalue weighted by Gasteiger charge is 2.30. The number of hydrogen-bond acceptors (Lipinski definition) is 10. The third kappa shape index (κ3) is 9.16. The van der Waals surface area contributed by atoms with Crippen LogP contribution >= 0.6 is 0 Å². The number of carbonyl (C=O) groups is 2. The van der Waals surface area contributed by atoms with E-state index in [2.05, 4.69) is 22.8 Å². The summed E-state index contributed by atoms with van der Waals surface area (Å²) in [7, 11) is 3.18. The van der Waals surface area contributed by atoms with E-state index in [9.17, 15) is 20.1 Å². The summed E-state index contributed by atoms with van der Waals surface area (Å²) in [6.45, 7) is 0. The number of para-hydroxylation sites is 2. The van der Waals surface area contributed by atoms with Gasteiger partial charge in [-0.3, -0.25) is 10.6 Å². The van der Waals surface area contributed by atoms with Crippen molar-refractivity contribution >= 4 is 11.9 Å². The molecule has 0 saturated carbocycles. The first-order chi connectivity index (χ1) is 22.4. The highest BCUT2D eigenvalue weighted by Crippen LogP contribution is 2.30. The number of esters is 2. The Morgan fingerprint density at radius 1 is 0.587 bits per heavy atom. The lowest BCUT2D eigenvalue weighted by atomic mass is 10.1. The molecule has 0 aliphatic rings. The summed E-state index contributed by atoms with van der Waals surface area (Å²) in [6, 6.07) is 36.5. The third-order valence-corrected chi connectivity index (χ3v) is 7.06. The van der Waals surface area contributed by atoms with Crippen LogP contribution in [0.5, 0.6) is 11.5 Å². The first-order valence-electron chi connectivity index (χ1n) is 14.6. The lowest BCUT2D eigenvalue weighted by molar-refractivity contribution is -0.177. The van der Waals surface area contributed by atoms with Gasteiger partial charge in [0.15, 0.2) is 12.5 Å². The van der Waals surface area contributed by atoms with Crippen molar-refractivity contribution in [2.45, 2.75) is 37.5 Å². The van der Waals surface area contributed by atoms with E-state index in [1.54, 1.807) is 62.6 Å². The molecule has 0 bridgehead atoms. The first kappa shape index (κ1) is 33.2. The first-order valence-corrected chi connectivity index (χ1v) is 14.6. The molecule has 0 aliphatic carbocycles. The van der Waals surface area contributed by atoms with E-state index in [-0.39, 0.29) is 12.8 Å². The van der Waals surface area contributed by atoms with Crippen LogP contribution in [0, 0.1) is 22.7 Å². The van der Waals surface area contributed by atoms with E-state index in [1.165, 1.54) is 0 Å². The molecule has 4 atom stereocenters. The summed E-state index contributed by atoms with van der Waals surface area (Å²) in [5.74, 6) is -1.64. The summed E-state index contributed by atoms with van der Waals surface area (Å²) in [4.78, 5) is 25.9. The van der Waals surface area contributed by atoms with E-state index in [1.807, 2.05) is 60.7 Å². The van der Waals surface area contributed by atoms with Gasteiger partial charge in [0.1, 0.15) is 35.8 Å². The van der Waals surface area contributed by atoms with Gasteiger partial charge in [-0.2, -0.15) is 10.5 Å². The van der Waals surface area contributed by atoms with Gasteiger partial charge in [-0.1, -0.05) is 84.9 Å². The zero-order chi connectivity index (χ0) is 32.7. The molecule has 0 amide bonds. The van der Waals surface area contributed by atoms with Crippen molar-refractivity contribution in [3.05, 3.63) is 131 Å². The summed E-state index contributed by atoms with van der Waals surface area (Å²) >= 11 is 0. The van der Waals surface area contributed by atoms with Gasteiger partial charge in [0.2, 0.25) is 0 Å². The smallest absolute Gasteiger partial charge is 0.419 e. The minimum Gasteiger partial charge on any atom is -0.484 e. The number of carbonyl (C=O) groups excluding carboxylic acids is 2. The van der Waals surface area contributed by atoms with Gasteiger partial charge in [-0.25, -0.2) is 9.59 Å². The molecule has 0 heterocycles. The fraction of sp³-hybridized carbons (Fsp3) is 0.222. The number of nitriles is 2. The zero-order valence-corrected chi connectivity index (χ0v) is 25.5.